The molecule has 0 fully saturated rings. The standard InChI is InChI=1S/C18H13Cl2NO3S/c1-10-2-4-11(5-3-10)25(23,24)21-16-9-15(20)14(19)8-13(16)12-6-7-17(22)18(12)21/h2-5,8-9H,6-7H2,1H3. The minimum Gasteiger partial charge on any atom is -0.292 e. The molecule has 0 bridgehead atoms. The summed E-state index contributed by atoms with van der Waals surface area (Å²) in [6.45, 7) is 1.88. The molecular formula is C18H13Cl2NO3S. The van der Waals surface area contributed by atoms with Gasteiger partial charge in [0.05, 0.1) is 20.5 Å². The smallest absolute Gasteiger partial charge is 0.268 e. The van der Waals surface area contributed by atoms with Crippen LogP contribution in [0.4, 0.5) is 0 Å². The van der Waals surface area contributed by atoms with Crippen LogP contribution in [0.3, 0.4) is 0 Å². The van der Waals surface area contributed by atoms with E-state index in [9.17, 15) is 13.2 Å². The first-order chi connectivity index (χ1) is 11.8. The Morgan fingerprint density at radius 2 is 1.64 bits per heavy atom. The highest BCUT2D eigenvalue weighted by atomic mass is 35.5. The topological polar surface area (TPSA) is 56.1 Å². The summed E-state index contributed by atoms with van der Waals surface area (Å²) in [6, 6.07) is 9.68. The lowest BCUT2D eigenvalue weighted by atomic mass is 10.1. The number of hydrogen-bond acceptors (Lipinski definition) is 3. The first-order valence-corrected chi connectivity index (χ1v) is 9.88. The van der Waals surface area contributed by atoms with Gasteiger partial charge in [-0.1, -0.05) is 40.9 Å². The molecule has 0 spiro atoms. The van der Waals surface area contributed by atoms with Crippen LogP contribution in [-0.2, 0) is 16.4 Å². The lowest BCUT2D eigenvalue weighted by Crippen LogP contribution is -2.17. The third-order valence-corrected chi connectivity index (χ3v) is 6.95. The molecule has 2 aromatic carbocycles. The van der Waals surface area contributed by atoms with Crippen molar-refractivity contribution in [2.75, 3.05) is 0 Å². The van der Waals surface area contributed by atoms with Gasteiger partial charge in [0.2, 0.25) is 0 Å². The summed E-state index contributed by atoms with van der Waals surface area (Å²) < 4.78 is 27.6. The largest absolute Gasteiger partial charge is 0.292 e. The maximum Gasteiger partial charge on any atom is 0.268 e. The van der Waals surface area contributed by atoms with Gasteiger partial charge in [-0.05, 0) is 43.2 Å². The van der Waals surface area contributed by atoms with Crippen molar-refractivity contribution in [3.63, 3.8) is 0 Å². The average molecular weight is 394 g/mol. The first-order valence-electron chi connectivity index (χ1n) is 7.68. The highest BCUT2D eigenvalue weighted by molar-refractivity contribution is 7.90. The summed E-state index contributed by atoms with van der Waals surface area (Å²) >= 11 is 12.2. The van der Waals surface area contributed by atoms with Crippen LogP contribution in [0.15, 0.2) is 41.3 Å². The van der Waals surface area contributed by atoms with Gasteiger partial charge in [-0.15, -0.1) is 0 Å². The lowest BCUT2D eigenvalue weighted by molar-refractivity contribution is 0.0989. The number of ketones is 1. The number of benzene rings is 2. The summed E-state index contributed by atoms with van der Waals surface area (Å²) in [6.07, 6.45) is 0.795. The zero-order chi connectivity index (χ0) is 17.9. The molecule has 7 heteroatoms. The predicted octanol–water partition coefficient (Wildman–Crippen LogP) is 4.62. The molecule has 0 aliphatic heterocycles. The van der Waals surface area contributed by atoms with Crippen molar-refractivity contribution in [2.24, 2.45) is 0 Å². The van der Waals surface area contributed by atoms with Gasteiger partial charge in [-0.2, -0.15) is 0 Å². The summed E-state index contributed by atoms with van der Waals surface area (Å²) in [5, 5.41) is 1.24. The van der Waals surface area contributed by atoms with Gasteiger partial charge in [0.1, 0.15) is 5.69 Å². The fourth-order valence-corrected chi connectivity index (χ4v) is 5.15. The van der Waals surface area contributed by atoms with Crippen LogP contribution in [0.5, 0.6) is 0 Å². The number of fused-ring (bicyclic) bond motifs is 3. The van der Waals surface area contributed by atoms with Crippen LogP contribution in [-0.4, -0.2) is 18.2 Å². The monoisotopic (exact) mass is 393 g/mol. The van der Waals surface area contributed by atoms with Gasteiger partial charge in [0, 0.05) is 11.8 Å². The summed E-state index contributed by atoms with van der Waals surface area (Å²) in [5.74, 6) is -0.186. The van der Waals surface area contributed by atoms with Gasteiger partial charge < -0.3 is 0 Å². The quantitative estimate of drug-likeness (QED) is 0.637. The SMILES string of the molecule is Cc1ccc(S(=O)(=O)n2c3c(c4cc(Cl)c(Cl)cc42)CCC3=O)cc1. The molecule has 1 aliphatic rings. The number of carbonyl (C=O) groups is 1. The molecule has 1 aromatic heterocycles. The van der Waals surface area contributed by atoms with Crippen molar-refractivity contribution in [1.29, 1.82) is 0 Å². The van der Waals surface area contributed by atoms with E-state index < -0.39 is 10.0 Å². The van der Waals surface area contributed by atoms with E-state index in [0.717, 1.165) is 9.54 Å². The number of nitrogens with zero attached hydrogens (tertiary/aromatic N) is 1. The number of Topliss-reactive ketones (excluding diaryl/α,β-unsaturated/α-hetero) is 1. The maximum atomic E-state index is 13.3. The second-order valence-corrected chi connectivity index (χ2v) is 8.72. The number of carbonyl (C=O) groups excluding carboxylic acids is 1. The fourth-order valence-electron chi connectivity index (χ4n) is 3.27. The summed E-state index contributed by atoms with van der Waals surface area (Å²) in [7, 11) is -3.93. The Morgan fingerprint density at radius 3 is 2.32 bits per heavy atom. The molecule has 1 aliphatic carbocycles. The number of rotatable bonds is 2. The van der Waals surface area contributed by atoms with E-state index in [1.54, 1.807) is 30.3 Å². The van der Waals surface area contributed by atoms with Crippen molar-refractivity contribution in [1.82, 2.24) is 3.97 Å². The molecule has 25 heavy (non-hydrogen) atoms. The first kappa shape index (κ1) is 16.6. The van der Waals surface area contributed by atoms with Crippen molar-refractivity contribution >= 4 is 49.9 Å². The van der Waals surface area contributed by atoms with Gasteiger partial charge in [-0.3, -0.25) is 4.79 Å². The Morgan fingerprint density at radius 1 is 1.00 bits per heavy atom. The third-order valence-electron chi connectivity index (χ3n) is 4.50. The van der Waals surface area contributed by atoms with Crippen LogP contribution in [0, 0.1) is 6.92 Å². The van der Waals surface area contributed by atoms with Gasteiger partial charge >= 0.3 is 0 Å². The highest BCUT2D eigenvalue weighted by Gasteiger charge is 2.34. The van der Waals surface area contributed by atoms with E-state index in [2.05, 4.69) is 0 Å². The van der Waals surface area contributed by atoms with Crippen molar-refractivity contribution in [3.8, 4) is 0 Å². The van der Waals surface area contributed by atoms with E-state index in [-0.39, 0.29) is 21.4 Å². The van der Waals surface area contributed by atoms with Crippen molar-refractivity contribution < 1.29 is 13.2 Å². The Kier molecular flexibility index (Phi) is 3.72. The van der Waals surface area contributed by atoms with Gasteiger partial charge in [0.15, 0.2) is 5.78 Å². The number of hydrogen-bond donors (Lipinski definition) is 0. The van der Waals surface area contributed by atoms with E-state index in [0.29, 0.717) is 34.3 Å². The van der Waals surface area contributed by atoms with Crippen LogP contribution in [0.25, 0.3) is 10.9 Å². The van der Waals surface area contributed by atoms with Crippen molar-refractivity contribution in [2.45, 2.75) is 24.7 Å². The summed E-state index contributed by atoms with van der Waals surface area (Å²) in [5.41, 5.74) is 2.27. The minimum absolute atomic E-state index is 0.128. The van der Waals surface area contributed by atoms with E-state index in [1.165, 1.54) is 6.07 Å². The molecule has 0 unspecified atom stereocenters. The number of halogens is 2. The Hall–Kier alpha value is -1.82. The number of aromatic nitrogens is 1. The maximum absolute atomic E-state index is 13.3. The Balaban J connectivity index is 2.11. The second-order valence-electron chi connectivity index (χ2n) is 6.12. The Labute approximate surface area is 155 Å². The molecule has 0 amide bonds. The predicted molar refractivity (Wildman–Crippen MR) is 98.4 cm³/mol. The molecular weight excluding hydrogens is 381 g/mol. The zero-order valence-electron chi connectivity index (χ0n) is 13.2. The molecule has 1 heterocycles. The van der Waals surface area contributed by atoms with Crippen LogP contribution >= 0.6 is 23.2 Å². The molecule has 0 saturated heterocycles. The normalized spacial score (nSPS) is 14.3. The van der Waals surface area contributed by atoms with E-state index in [1.807, 2.05) is 6.92 Å². The van der Waals surface area contributed by atoms with Crippen LogP contribution in [0.2, 0.25) is 10.0 Å². The third kappa shape index (κ3) is 2.41. The van der Waals surface area contributed by atoms with Crippen LogP contribution < -0.4 is 0 Å². The Bertz CT molecular complexity index is 1150. The molecule has 3 aromatic rings. The van der Waals surface area contributed by atoms with Gasteiger partial charge in [-0.25, -0.2) is 12.4 Å². The molecule has 0 saturated carbocycles. The molecule has 0 N–H and O–H groups in total. The average Bonchev–Trinajstić information content (AvgIpc) is 3.07. The molecule has 0 atom stereocenters. The van der Waals surface area contributed by atoms with E-state index >= 15 is 0 Å². The highest BCUT2D eigenvalue weighted by Crippen LogP contribution is 2.39. The summed E-state index contributed by atoms with van der Waals surface area (Å²) in [4.78, 5) is 12.5. The molecule has 4 rings (SSSR count). The van der Waals surface area contributed by atoms with E-state index in [4.69, 9.17) is 23.2 Å². The van der Waals surface area contributed by atoms with Gasteiger partial charge in [0.25, 0.3) is 10.0 Å². The second kappa shape index (κ2) is 5.59. The minimum atomic E-state index is -3.93. The molecule has 0 radical (unpaired) electrons. The fraction of sp³-hybridized carbons (Fsp3) is 0.167. The zero-order valence-corrected chi connectivity index (χ0v) is 15.5. The molecule has 128 valence electrons. The lowest BCUT2D eigenvalue weighted by Gasteiger charge is -2.11. The molecule has 4 nitrogen and oxygen atoms in total. The number of aryl methyl sites for hydroxylation is 2. The van der Waals surface area contributed by atoms with Crippen LogP contribution in [0.1, 0.15) is 28.0 Å². The van der Waals surface area contributed by atoms with Crippen molar-refractivity contribution in [3.05, 3.63) is 63.3 Å².